The summed E-state index contributed by atoms with van der Waals surface area (Å²) in [6.45, 7) is 1.80. The van der Waals surface area contributed by atoms with Crippen LogP contribution in [0.25, 0.3) is 0 Å². The SMILES string of the molecule is COc1ccc([C@H]2C(C#N)=C(SCC(=O)Nc3ccccc3)NC(C)=C2C(=O)Nc2ccccc2)cc1. The molecule has 2 amide bonds. The first-order chi connectivity index (χ1) is 18.0. The first-order valence-electron chi connectivity index (χ1n) is 11.6. The highest BCUT2D eigenvalue weighted by molar-refractivity contribution is 8.03. The fourth-order valence-electron chi connectivity index (χ4n) is 4.03. The number of rotatable bonds is 8. The fraction of sp³-hybridized carbons (Fsp3) is 0.138. The summed E-state index contributed by atoms with van der Waals surface area (Å²) >= 11 is 1.23. The van der Waals surface area contributed by atoms with Crippen molar-refractivity contribution in [3.63, 3.8) is 0 Å². The first-order valence-corrected chi connectivity index (χ1v) is 12.6. The normalized spacial score (nSPS) is 14.9. The number of para-hydroxylation sites is 2. The number of dihydropyridines is 1. The molecule has 8 heteroatoms. The van der Waals surface area contributed by atoms with Crippen LogP contribution in [0.1, 0.15) is 18.4 Å². The number of ether oxygens (including phenoxy) is 1. The van der Waals surface area contributed by atoms with Crippen molar-refractivity contribution in [3.8, 4) is 11.8 Å². The molecule has 0 bridgehead atoms. The lowest BCUT2D eigenvalue weighted by Crippen LogP contribution is -2.31. The summed E-state index contributed by atoms with van der Waals surface area (Å²) in [5, 5.41) is 19.8. The van der Waals surface area contributed by atoms with Crippen LogP contribution in [0.3, 0.4) is 0 Å². The molecule has 3 aromatic carbocycles. The first kappa shape index (κ1) is 25.6. The monoisotopic (exact) mass is 510 g/mol. The van der Waals surface area contributed by atoms with E-state index in [1.165, 1.54) is 11.8 Å². The van der Waals surface area contributed by atoms with Gasteiger partial charge in [-0.15, -0.1) is 0 Å². The molecule has 37 heavy (non-hydrogen) atoms. The maximum atomic E-state index is 13.5. The number of nitrogens with zero attached hydrogens (tertiary/aromatic N) is 1. The van der Waals surface area contributed by atoms with E-state index < -0.39 is 5.92 Å². The zero-order chi connectivity index (χ0) is 26.2. The minimum atomic E-state index is -0.624. The van der Waals surface area contributed by atoms with E-state index in [4.69, 9.17) is 4.74 Å². The number of anilines is 2. The Kier molecular flexibility index (Phi) is 8.29. The van der Waals surface area contributed by atoms with Crippen LogP contribution in [0.4, 0.5) is 11.4 Å². The molecule has 1 atom stereocenters. The van der Waals surface area contributed by atoms with Crippen LogP contribution in [0.2, 0.25) is 0 Å². The van der Waals surface area contributed by atoms with Crippen molar-refractivity contribution in [2.24, 2.45) is 0 Å². The third-order valence-corrected chi connectivity index (χ3v) is 6.80. The van der Waals surface area contributed by atoms with Gasteiger partial charge in [0.15, 0.2) is 0 Å². The predicted octanol–water partition coefficient (Wildman–Crippen LogP) is 5.40. The van der Waals surface area contributed by atoms with Crippen LogP contribution in [-0.4, -0.2) is 24.7 Å². The molecule has 3 N–H and O–H groups in total. The Morgan fingerprint density at radius 2 is 1.54 bits per heavy atom. The Hall–Kier alpha value is -4.48. The Morgan fingerprint density at radius 1 is 0.946 bits per heavy atom. The maximum Gasteiger partial charge on any atom is 0.254 e. The average Bonchev–Trinajstić information content (AvgIpc) is 2.92. The van der Waals surface area contributed by atoms with Gasteiger partial charge in [-0.25, -0.2) is 0 Å². The molecule has 1 heterocycles. The van der Waals surface area contributed by atoms with Crippen molar-refractivity contribution in [1.29, 1.82) is 5.26 Å². The second-order valence-corrected chi connectivity index (χ2v) is 9.23. The molecular weight excluding hydrogens is 484 g/mol. The lowest BCUT2D eigenvalue weighted by atomic mass is 9.82. The second-order valence-electron chi connectivity index (χ2n) is 8.25. The van der Waals surface area contributed by atoms with Gasteiger partial charge in [-0.05, 0) is 48.9 Å². The largest absolute Gasteiger partial charge is 0.497 e. The van der Waals surface area contributed by atoms with Gasteiger partial charge in [0.05, 0.1) is 35.5 Å². The molecule has 186 valence electrons. The second kappa shape index (κ2) is 12.0. The van der Waals surface area contributed by atoms with E-state index in [2.05, 4.69) is 22.0 Å². The predicted molar refractivity (Wildman–Crippen MR) is 147 cm³/mol. The minimum absolute atomic E-state index is 0.0938. The molecule has 0 aliphatic carbocycles. The molecule has 4 rings (SSSR count). The highest BCUT2D eigenvalue weighted by atomic mass is 32.2. The maximum absolute atomic E-state index is 13.5. The van der Waals surface area contributed by atoms with Crippen molar-refractivity contribution in [1.82, 2.24) is 5.32 Å². The Labute approximate surface area is 220 Å². The zero-order valence-electron chi connectivity index (χ0n) is 20.4. The van der Waals surface area contributed by atoms with Gasteiger partial charge in [-0.2, -0.15) is 5.26 Å². The van der Waals surface area contributed by atoms with E-state index in [9.17, 15) is 14.9 Å². The number of nitrogens with one attached hydrogen (secondary N) is 3. The number of hydrogen-bond acceptors (Lipinski definition) is 6. The van der Waals surface area contributed by atoms with Crippen LogP contribution in [0, 0.1) is 11.3 Å². The number of thioether (sulfide) groups is 1. The molecule has 0 aromatic heterocycles. The number of carbonyl (C=O) groups is 2. The summed E-state index contributed by atoms with van der Waals surface area (Å²) in [5.41, 5.74) is 3.53. The molecule has 0 fully saturated rings. The van der Waals surface area contributed by atoms with Gasteiger partial charge < -0.3 is 20.7 Å². The molecule has 0 spiro atoms. The van der Waals surface area contributed by atoms with E-state index in [-0.39, 0.29) is 17.6 Å². The van der Waals surface area contributed by atoms with Gasteiger partial charge in [0.25, 0.3) is 5.91 Å². The molecule has 0 unspecified atom stereocenters. The Morgan fingerprint density at radius 3 is 2.11 bits per heavy atom. The van der Waals surface area contributed by atoms with Crippen LogP contribution in [0.15, 0.2) is 107 Å². The number of amides is 2. The number of carbonyl (C=O) groups excluding carboxylic acids is 2. The fourth-order valence-corrected chi connectivity index (χ4v) is 4.93. The molecular formula is C29H26N4O3S. The lowest BCUT2D eigenvalue weighted by molar-refractivity contribution is -0.114. The molecule has 7 nitrogen and oxygen atoms in total. The van der Waals surface area contributed by atoms with Crippen LogP contribution < -0.4 is 20.7 Å². The number of methoxy groups -OCH3 is 1. The van der Waals surface area contributed by atoms with Crippen LogP contribution in [-0.2, 0) is 9.59 Å². The summed E-state index contributed by atoms with van der Waals surface area (Å²) in [4.78, 5) is 26.1. The van der Waals surface area contributed by atoms with E-state index >= 15 is 0 Å². The van der Waals surface area contributed by atoms with E-state index in [0.717, 1.165) is 5.56 Å². The summed E-state index contributed by atoms with van der Waals surface area (Å²) in [7, 11) is 1.58. The Bertz CT molecular complexity index is 1380. The van der Waals surface area contributed by atoms with E-state index in [1.807, 2.05) is 60.7 Å². The van der Waals surface area contributed by atoms with Crippen molar-refractivity contribution in [2.75, 3.05) is 23.5 Å². The van der Waals surface area contributed by atoms with Crippen molar-refractivity contribution in [2.45, 2.75) is 12.8 Å². The molecule has 0 saturated heterocycles. The van der Waals surface area contributed by atoms with Gasteiger partial charge in [-0.1, -0.05) is 60.3 Å². The highest BCUT2D eigenvalue weighted by Crippen LogP contribution is 2.41. The van der Waals surface area contributed by atoms with E-state index in [1.54, 1.807) is 38.3 Å². The molecule has 1 aliphatic rings. The van der Waals surface area contributed by atoms with Gasteiger partial charge in [-0.3, -0.25) is 9.59 Å². The number of benzene rings is 3. The van der Waals surface area contributed by atoms with Gasteiger partial charge >= 0.3 is 0 Å². The van der Waals surface area contributed by atoms with Gasteiger partial charge in [0.2, 0.25) is 5.91 Å². The number of nitriles is 1. The quantitative estimate of drug-likeness (QED) is 0.375. The summed E-state index contributed by atoms with van der Waals surface area (Å²) in [6, 6.07) is 27.9. The molecule has 3 aromatic rings. The Balaban J connectivity index is 1.64. The molecule has 0 saturated carbocycles. The molecule has 1 aliphatic heterocycles. The van der Waals surface area contributed by atoms with Gasteiger partial charge in [0, 0.05) is 22.6 Å². The summed E-state index contributed by atoms with van der Waals surface area (Å²) in [5.74, 6) is -0.367. The van der Waals surface area contributed by atoms with Crippen molar-refractivity contribution in [3.05, 3.63) is 112 Å². The lowest BCUT2D eigenvalue weighted by Gasteiger charge is -2.30. The number of allylic oxidation sites excluding steroid dienone is 2. The summed E-state index contributed by atoms with van der Waals surface area (Å²) in [6.07, 6.45) is 0. The third-order valence-electron chi connectivity index (χ3n) is 5.78. The molecule has 0 radical (unpaired) electrons. The van der Waals surface area contributed by atoms with Crippen molar-refractivity contribution >= 4 is 35.0 Å². The van der Waals surface area contributed by atoms with Crippen LogP contribution in [0.5, 0.6) is 5.75 Å². The minimum Gasteiger partial charge on any atom is -0.497 e. The zero-order valence-corrected chi connectivity index (χ0v) is 21.3. The third kappa shape index (κ3) is 6.21. The average molecular weight is 511 g/mol. The van der Waals surface area contributed by atoms with Crippen molar-refractivity contribution < 1.29 is 14.3 Å². The van der Waals surface area contributed by atoms with Gasteiger partial charge in [0.1, 0.15) is 5.75 Å². The van der Waals surface area contributed by atoms with E-state index in [0.29, 0.717) is 39.0 Å². The topological polar surface area (TPSA) is 103 Å². The smallest absolute Gasteiger partial charge is 0.254 e. The standard InChI is InChI=1S/C29H26N4O3S/c1-19-26(28(35)33-22-11-7-4-8-12-22)27(20-13-15-23(36-2)16-14-20)24(17-30)29(31-19)37-18-25(34)32-21-9-5-3-6-10-21/h3-16,27,31H,18H2,1-2H3,(H,32,34)(H,33,35)/t27-/m0/s1. The number of hydrogen-bond donors (Lipinski definition) is 3. The summed E-state index contributed by atoms with van der Waals surface area (Å²) < 4.78 is 5.29. The van der Waals surface area contributed by atoms with Crippen LogP contribution >= 0.6 is 11.8 Å². The highest BCUT2D eigenvalue weighted by Gasteiger charge is 2.35.